The summed E-state index contributed by atoms with van der Waals surface area (Å²) in [6, 6.07) is 9.08. The van der Waals surface area contributed by atoms with Gasteiger partial charge in [0.2, 0.25) is 5.91 Å². The molecule has 3 heterocycles. The Balaban J connectivity index is 1.43. The number of piperidine rings is 2. The van der Waals surface area contributed by atoms with Crippen molar-refractivity contribution in [3.05, 3.63) is 46.8 Å². The Morgan fingerprint density at radius 1 is 1.09 bits per heavy atom. The summed E-state index contributed by atoms with van der Waals surface area (Å²) in [4.78, 5) is 30.0. The number of rotatable bonds is 8. The van der Waals surface area contributed by atoms with Crippen LogP contribution in [0.4, 0.5) is 0 Å². The number of aryl methyl sites for hydroxylation is 1. The van der Waals surface area contributed by atoms with Crippen LogP contribution in [0.25, 0.3) is 0 Å². The molecule has 2 aromatic rings. The Morgan fingerprint density at radius 3 is 2.56 bits per heavy atom. The van der Waals surface area contributed by atoms with Crippen molar-refractivity contribution in [2.24, 2.45) is 5.41 Å². The van der Waals surface area contributed by atoms with Crippen LogP contribution in [-0.2, 0) is 11.2 Å². The number of halogens is 1. The van der Waals surface area contributed by atoms with Gasteiger partial charge in [0.1, 0.15) is 11.5 Å². The maximum absolute atomic E-state index is 13.2. The summed E-state index contributed by atoms with van der Waals surface area (Å²) >= 11 is 6.12. The van der Waals surface area contributed by atoms with E-state index in [0.717, 1.165) is 44.5 Å². The molecule has 34 heavy (non-hydrogen) atoms. The van der Waals surface area contributed by atoms with E-state index < -0.39 is 0 Å². The van der Waals surface area contributed by atoms with Crippen LogP contribution in [0.1, 0.15) is 68.1 Å². The van der Waals surface area contributed by atoms with Crippen LogP contribution in [0.15, 0.2) is 34.9 Å². The normalized spacial score (nSPS) is 18.1. The smallest absolute Gasteiger partial charge is 0.276 e. The zero-order valence-electron chi connectivity index (χ0n) is 19.9. The summed E-state index contributed by atoms with van der Waals surface area (Å²) in [5.41, 5.74) is 0.0284. The fourth-order valence-corrected chi connectivity index (χ4v) is 5.05. The lowest BCUT2D eigenvalue weighted by molar-refractivity contribution is -0.136. The summed E-state index contributed by atoms with van der Waals surface area (Å²) < 4.78 is 11.4. The van der Waals surface area contributed by atoms with Gasteiger partial charge in [0.05, 0.1) is 6.61 Å². The zero-order valence-corrected chi connectivity index (χ0v) is 20.7. The number of hydrogen-bond donors (Lipinski definition) is 0. The quantitative estimate of drug-likeness (QED) is 0.524. The summed E-state index contributed by atoms with van der Waals surface area (Å²) in [7, 11) is 0. The van der Waals surface area contributed by atoms with Crippen molar-refractivity contribution in [2.45, 2.75) is 58.3 Å². The van der Waals surface area contributed by atoms with Crippen LogP contribution >= 0.6 is 11.6 Å². The Kier molecular flexibility index (Phi) is 8.14. The van der Waals surface area contributed by atoms with E-state index in [1.807, 2.05) is 28.0 Å². The Hall–Kier alpha value is -2.54. The van der Waals surface area contributed by atoms with Crippen molar-refractivity contribution >= 4 is 23.4 Å². The molecule has 0 saturated carbocycles. The van der Waals surface area contributed by atoms with Crippen molar-refractivity contribution in [1.29, 1.82) is 0 Å². The number of benzene rings is 1. The minimum Gasteiger partial charge on any atom is -0.493 e. The molecule has 0 aliphatic carbocycles. The molecular formula is C26H34ClN3O4. The SMILES string of the molecule is CCCc1cc(C(=O)N2CCC(COc3cccc(Cl)c3)(CC(=O)N3CCCCC3)CC2)no1. The molecule has 0 radical (unpaired) electrons. The molecule has 2 saturated heterocycles. The molecule has 2 amide bonds. The van der Waals surface area contributed by atoms with Crippen LogP contribution in [-0.4, -0.2) is 59.6 Å². The fraction of sp³-hybridized carbons (Fsp3) is 0.577. The first-order valence-corrected chi connectivity index (χ1v) is 12.8. The van der Waals surface area contributed by atoms with E-state index in [-0.39, 0.29) is 17.2 Å². The summed E-state index contributed by atoms with van der Waals surface area (Å²) in [6.45, 7) is 5.26. The molecule has 1 aromatic heterocycles. The Labute approximate surface area is 206 Å². The number of amides is 2. The van der Waals surface area contributed by atoms with Gasteiger partial charge in [0, 0.05) is 55.5 Å². The van der Waals surface area contributed by atoms with Gasteiger partial charge in [-0.05, 0) is 56.7 Å². The molecule has 1 aromatic carbocycles. The van der Waals surface area contributed by atoms with Gasteiger partial charge in [0.15, 0.2) is 5.69 Å². The van der Waals surface area contributed by atoms with Gasteiger partial charge in [-0.3, -0.25) is 9.59 Å². The third-order valence-corrected chi connectivity index (χ3v) is 7.20. The highest BCUT2D eigenvalue weighted by Gasteiger charge is 2.40. The molecule has 2 aliphatic rings. The molecule has 0 N–H and O–H groups in total. The van der Waals surface area contributed by atoms with E-state index in [2.05, 4.69) is 12.1 Å². The molecule has 184 valence electrons. The second-order valence-electron chi connectivity index (χ2n) is 9.58. The van der Waals surface area contributed by atoms with Gasteiger partial charge in [-0.1, -0.05) is 29.7 Å². The number of carbonyl (C=O) groups excluding carboxylic acids is 2. The molecule has 8 heteroatoms. The average Bonchev–Trinajstić information content (AvgIpc) is 3.32. The Morgan fingerprint density at radius 2 is 1.85 bits per heavy atom. The number of ether oxygens (including phenoxy) is 1. The standard InChI is InChI=1S/C26H34ClN3O4/c1-2-7-22-17-23(28-34-22)25(32)30-14-10-26(11-15-30,18-24(31)29-12-4-3-5-13-29)19-33-21-9-6-8-20(27)16-21/h6,8-9,16-17H,2-5,7,10-15,18-19H2,1H3. The van der Waals surface area contributed by atoms with E-state index in [9.17, 15) is 9.59 Å². The minimum absolute atomic E-state index is 0.113. The van der Waals surface area contributed by atoms with E-state index in [1.165, 1.54) is 6.42 Å². The number of nitrogens with zero attached hydrogens (tertiary/aromatic N) is 3. The third kappa shape index (κ3) is 6.12. The van der Waals surface area contributed by atoms with Crippen LogP contribution in [0.5, 0.6) is 5.75 Å². The van der Waals surface area contributed by atoms with E-state index in [4.69, 9.17) is 20.9 Å². The minimum atomic E-state index is -0.329. The maximum atomic E-state index is 13.2. The highest BCUT2D eigenvalue weighted by Crippen LogP contribution is 2.37. The molecule has 2 aliphatic heterocycles. The average molecular weight is 488 g/mol. The lowest BCUT2D eigenvalue weighted by Gasteiger charge is -2.42. The maximum Gasteiger partial charge on any atom is 0.276 e. The molecule has 0 spiro atoms. The van der Waals surface area contributed by atoms with Crippen molar-refractivity contribution in [2.75, 3.05) is 32.8 Å². The summed E-state index contributed by atoms with van der Waals surface area (Å²) in [6.07, 6.45) is 6.84. The predicted octanol–water partition coefficient (Wildman–Crippen LogP) is 4.98. The first-order valence-electron chi connectivity index (χ1n) is 12.4. The second-order valence-corrected chi connectivity index (χ2v) is 10.0. The third-order valence-electron chi connectivity index (χ3n) is 6.96. The largest absolute Gasteiger partial charge is 0.493 e. The lowest BCUT2D eigenvalue weighted by atomic mass is 9.75. The fourth-order valence-electron chi connectivity index (χ4n) is 4.87. The number of likely N-dealkylation sites (tertiary alicyclic amines) is 2. The second kappa shape index (κ2) is 11.3. The number of aromatic nitrogens is 1. The lowest BCUT2D eigenvalue weighted by Crippen LogP contribution is -2.48. The van der Waals surface area contributed by atoms with Gasteiger partial charge in [-0.2, -0.15) is 0 Å². The predicted molar refractivity (Wildman–Crippen MR) is 130 cm³/mol. The van der Waals surface area contributed by atoms with Gasteiger partial charge in [-0.25, -0.2) is 0 Å². The number of hydrogen-bond acceptors (Lipinski definition) is 5. The molecule has 0 unspecified atom stereocenters. The first kappa shape index (κ1) is 24.6. The molecule has 0 bridgehead atoms. The van der Waals surface area contributed by atoms with Crippen LogP contribution in [0, 0.1) is 5.41 Å². The molecular weight excluding hydrogens is 454 g/mol. The van der Waals surface area contributed by atoms with Gasteiger partial charge in [0.25, 0.3) is 5.91 Å². The van der Waals surface area contributed by atoms with Crippen LogP contribution in [0.2, 0.25) is 5.02 Å². The summed E-state index contributed by atoms with van der Waals surface area (Å²) in [5.74, 6) is 1.51. The van der Waals surface area contributed by atoms with Crippen molar-refractivity contribution in [3.63, 3.8) is 0 Å². The first-order chi connectivity index (χ1) is 16.5. The van der Waals surface area contributed by atoms with E-state index in [0.29, 0.717) is 55.4 Å². The van der Waals surface area contributed by atoms with Crippen LogP contribution in [0.3, 0.4) is 0 Å². The van der Waals surface area contributed by atoms with Crippen molar-refractivity contribution < 1.29 is 18.8 Å². The molecule has 0 atom stereocenters. The van der Waals surface area contributed by atoms with E-state index in [1.54, 1.807) is 12.1 Å². The number of carbonyl (C=O) groups is 2. The Bertz CT molecular complexity index is 978. The van der Waals surface area contributed by atoms with Crippen molar-refractivity contribution in [1.82, 2.24) is 15.0 Å². The van der Waals surface area contributed by atoms with Gasteiger partial charge >= 0.3 is 0 Å². The van der Waals surface area contributed by atoms with Gasteiger partial charge < -0.3 is 19.1 Å². The molecule has 4 rings (SSSR count). The van der Waals surface area contributed by atoms with Crippen molar-refractivity contribution in [3.8, 4) is 5.75 Å². The molecule has 2 fully saturated rings. The van der Waals surface area contributed by atoms with Gasteiger partial charge in [-0.15, -0.1) is 0 Å². The molecule has 7 nitrogen and oxygen atoms in total. The highest BCUT2D eigenvalue weighted by molar-refractivity contribution is 6.30. The highest BCUT2D eigenvalue weighted by atomic mass is 35.5. The zero-order chi connectivity index (χ0) is 24.0. The summed E-state index contributed by atoms with van der Waals surface area (Å²) in [5, 5.41) is 4.59. The van der Waals surface area contributed by atoms with E-state index >= 15 is 0 Å². The topological polar surface area (TPSA) is 75.9 Å². The van der Waals surface area contributed by atoms with Crippen LogP contribution < -0.4 is 4.74 Å². The monoisotopic (exact) mass is 487 g/mol.